The van der Waals surface area contributed by atoms with Gasteiger partial charge in [-0.15, -0.1) is 13.2 Å². The third-order valence-electron chi connectivity index (χ3n) is 2.24. The summed E-state index contributed by atoms with van der Waals surface area (Å²) in [6.07, 6.45) is -3.95. The molecular weight excluding hydrogens is 261 g/mol. The highest BCUT2D eigenvalue weighted by atomic mass is 19.4. The molecule has 0 fully saturated rings. The molecule has 4 nitrogen and oxygen atoms in total. The molecule has 19 heavy (non-hydrogen) atoms. The Hall–Kier alpha value is -1.76. The topological polar surface area (TPSA) is 50.4 Å². The van der Waals surface area contributed by atoms with Gasteiger partial charge >= 0.3 is 6.36 Å². The Bertz CT molecular complexity index is 404. The van der Waals surface area contributed by atoms with Gasteiger partial charge in [-0.2, -0.15) is 0 Å². The highest BCUT2D eigenvalue weighted by molar-refractivity contribution is 5.94. The second-order valence-electron chi connectivity index (χ2n) is 3.79. The van der Waals surface area contributed by atoms with Crippen molar-refractivity contribution in [3.8, 4) is 5.75 Å². The molecule has 1 aromatic carbocycles. The first-order chi connectivity index (χ1) is 8.92. The molecule has 0 atom stereocenters. The lowest BCUT2D eigenvalue weighted by Crippen LogP contribution is -2.26. The summed E-state index contributed by atoms with van der Waals surface area (Å²) in [4.78, 5) is 11.6. The average Bonchev–Trinajstić information content (AvgIpc) is 2.33. The molecule has 0 spiro atoms. The molecular formula is C12H15F3N2O2. The van der Waals surface area contributed by atoms with Crippen molar-refractivity contribution in [2.75, 3.05) is 20.1 Å². The number of hydrogen-bond acceptors (Lipinski definition) is 3. The molecule has 7 heteroatoms. The summed E-state index contributed by atoms with van der Waals surface area (Å²) >= 11 is 0. The lowest BCUT2D eigenvalue weighted by molar-refractivity contribution is -0.274. The molecule has 2 N–H and O–H groups in total. The minimum atomic E-state index is -4.73. The van der Waals surface area contributed by atoms with Crippen molar-refractivity contribution in [1.82, 2.24) is 10.6 Å². The molecule has 0 aromatic heterocycles. The van der Waals surface area contributed by atoms with E-state index in [0.29, 0.717) is 12.1 Å². The second-order valence-corrected chi connectivity index (χ2v) is 3.79. The molecule has 106 valence electrons. The van der Waals surface area contributed by atoms with Gasteiger partial charge in [-0.3, -0.25) is 4.79 Å². The zero-order chi connectivity index (χ0) is 14.3. The number of carbonyl (C=O) groups excluding carboxylic acids is 1. The van der Waals surface area contributed by atoms with E-state index in [1.54, 1.807) is 7.05 Å². The number of carbonyl (C=O) groups is 1. The number of alkyl halides is 3. The van der Waals surface area contributed by atoms with Crippen LogP contribution in [0.2, 0.25) is 0 Å². The summed E-state index contributed by atoms with van der Waals surface area (Å²) in [5.41, 5.74) is 0.291. The van der Waals surface area contributed by atoms with Crippen LogP contribution in [0.5, 0.6) is 5.75 Å². The van der Waals surface area contributed by atoms with Gasteiger partial charge in [0.15, 0.2) is 0 Å². The monoisotopic (exact) mass is 276 g/mol. The molecule has 0 unspecified atom stereocenters. The molecule has 1 aromatic rings. The van der Waals surface area contributed by atoms with Crippen molar-refractivity contribution in [2.24, 2.45) is 0 Å². The van der Waals surface area contributed by atoms with Crippen LogP contribution in [-0.4, -0.2) is 32.4 Å². The molecule has 1 amide bonds. The van der Waals surface area contributed by atoms with Gasteiger partial charge in [0.2, 0.25) is 0 Å². The fraction of sp³-hybridized carbons (Fsp3) is 0.417. The minimum absolute atomic E-state index is 0.291. The minimum Gasteiger partial charge on any atom is -0.406 e. The van der Waals surface area contributed by atoms with Gasteiger partial charge in [0, 0.05) is 12.1 Å². The van der Waals surface area contributed by atoms with Crippen LogP contribution < -0.4 is 15.4 Å². The maximum absolute atomic E-state index is 11.9. The van der Waals surface area contributed by atoms with Crippen LogP contribution in [0.25, 0.3) is 0 Å². The normalized spacial score (nSPS) is 11.2. The second kappa shape index (κ2) is 6.98. The van der Waals surface area contributed by atoms with Crippen molar-refractivity contribution in [3.05, 3.63) is 29.8 Å². The number of halogens is 3. The summed E-state index contributed by atoms with van der Waals surface area (Å²) in [5, 5.41) is 5.60. The van der Waals surface area contributed by atoms with Gasteiger partial charge in [0.25, 0.3) is 5.91 Å². The number of nitrogens with one attached hydrogen (secondary N) is 2. The SMILES string of the molecule is CNCCCNC(=O)c1ccc(OC(F)(F)F)cc1. The predicted octanol–water partition coefficient (Wildman–Crippen LogP) is 1.92. The van der Waals surface area contributed by atoms with Crippen molar-refractivity contribution in [1.29, 1.82) is 0 Å². The highest BCUT2D eigenvalue weighted by Gasteiger charge is 2.31. The van der Waals surface area contributed by atoms with Crippen LogP contribution in [0.3, 0.4) is 0 Å². The summed E-state index contributed by atoms with van der Waals surface area (Å²) in [7, 11) is 1.81. The van der Waals surface area contributed by atoms with Gasteiger partial charge < -0.3 is 15.4 Å². The zero-order valence-corrected chi connectivity index (χ0v) is 10.4. The average molecular weight is 276 g/mol. The quantitative estimate of drug-likeness (QED) is 0.781. The van der Waals surface area contributed by atoms with E-state index in [4.69, 9.17) is 0 Å². The van der Waals surface area contributed by atoms with E-state index in [1.807, 2.05) is 0 Å². The van der Waals surface area contributed by atoms with Crippen LogP contribution in [0, 0.1) is 0 Å². The summed E-state index contributed by atoms with van der Waals surface area (Å²) in [5.74, 6) is -0.672. The molecule has 0 saturated carbocycles. The third kappa shape index (κ3) is 6.10. The molecule has 0 radical (unpaired) electrons. The standard InChI is InChI=1S/C12H15F3N2O2/c1-16-7-2-8-17-11(18)9-3-5-10(6-4-9)19-12(13,14)15/h3-6,16H,2,7-8H2,1H3,(H,17,18). The fourth-order valence-electron chi connectivity index (χ4n) is 1.38. The number of amides is 1. The zero-order valence-electron chi connectivity index (χ0n) is 10.4. The summed E-state index contributed by atoms with van der Waals surface area (Å²) < 4.78 is 39.5. The van der Waals surface area contributed by atoms with Gasteiger partial charge in [-0.1, -0.05) is 0 Å². The van der Waals surface area contributed by atoms with E-state index in [9.17, 15) is 18.0 Å². The van der Waals surface area contributed by atoms with E-state index in [1.165, 1.54) is 12.1 Å². The Morgan fingerprint density at radius 2 is 1.84 bits per heavy atom. The molecule has 0 bridgehead atoms. The molecule has 0 aliphatic carbocycles. The van der Waals surface area contributed by atoms with Crippen LogP contribution in [0.1, 0.15) is 16.8 Å². The smallest absolute Gasteiger partial charge is 0.406 e. The molecule has 0 heterocycles. The van der Waals surface area contributed by atoms with Crippen molar-refractivity contribution >= 4 is 5.91 Å². The first kappa shape index (κ1) is 15.3. The first-order valence-electron chi connectivity index (χ1n) is 5.71. The Balaban J connectivity index is 2.49. The number of hydrogen-bond donors (Lipinski definition) is 2. The lowest BCUT2D eigenvalue weighted by atomic mass is 10.2. The first-order valence-corrected chi connectivity index (χ1v) is 5.71. The lowest BCUT2D eigenvalue weighted by Gasteiger charge is -2.09. The van der Waals surface area contributed by atoms with Crippen molar-refractivity contribution < 1.29 is 22.7 Å². The van der Waals surface area contributed by atoms with Gasteiger partial charge in [0.1, 0.15) is 5.75 Å². The maximum Gasteiger partial charge on any atom is 0.573 e. The Labute approximate surface area is 108 Å². The van der Waals surface area contributed by atoms with E-state index < -0.39 is 6.36 Å². The predicted molar refractivity (Wildman–Crippen MR) is 64.0 cm³/mol. The molecule has 0 aliphatic rings. The molecule has 0 saturated heterocycles. The van der Waals surface area contributed by atoms with Crippen LogP contribution in [-0.2, 0) is 0 Å². The summed E-state index contributed by atoms with van der Waals surface area (Å²) in [6, 6.07) is 4.79. The van der Waals surface area contributed by atoms with Gasteiger partial charge in [-0.25, -0.2) is 0 Å². The maximum atomic E-state index is 11.9. The molecule has 1 rings (SSSR count). The van der Waals surface area contributed by atoms with Crippen LogP contribution in [0.15, 0.2) is 24.3 Å². The van der Waals surface area contributed by atoms with Crippen LogP contribution in [0.4, 0.5) is 13.2 Å². The third-order valence-corrected chi connectivity index (χ3v) is 2.24. The van der Waals surface area contributed by atoms with Crippen molar-refractivity contribution in [3.63, 3.8) is 0 Å². The fourth-order valence-corrected chi connectivity index (χ4v) is 1.38. The number of benzene rings is 1. The van der Waals surface area contributed by atoms with E-state index in [0.717, 1.165) is 25.1 Å². The number of rotatable bonds is 6. The van der Waals surface area contributed by atoms with E-state index >= 15 is 0 Å². The largest absolute Gasteiger partial charge is 0.573 e. The highest BCUT2D eigenvalue weighted by Crippen LogP contribution is 2.22. The van der Waals surface area contributed by atoms with Crippen LogP contribution >= 0.6 is 0 Å². The van der Waals surface area contributed by atoms with Gasteiger partial charge in [-0.05, 0) is 44.3 Å². The summed E-state index contributed by atoms with van der Waals surface area (Å²) in [6.45, 7) is 1.28. The molecule has 0 aliphatic heterocycles. The Kier molecular flexibility index (Phi) is 5.62. The Morgan fingerprint density at radius 3 is 2.37 bits per heavy atom. The van der Waals surface area contributed by atoms with Gasteiger partial charge in [0.05, 0.1) is 0 Å². The Morgan fingerprint density at radius 1 is 1.21 bits per heavy atom. The number of ether oxygens (including phenoxy) is 1. The van der Waals surface area contributed by atoms with E-state index in [2.05, 4.69) is 15.4 Å². The van der Waals surface area contributed by atoms with Crippen molar-refractivity contribution in [2.45, 2.75) is 12.8 Å². The van der Waals surface area contributed by atoms with E-state index in [-0.39, 0.29) is 11.7 Å².